The third-order valence-electron chi connectivity index (χ3n) is 3.09. The first-order valence-corrected chi connectivity index (χ1v) is 6.15. The van der Waals surface area contributed by atoms with Crippen molar-refractivity contribution in [3.8, 4) is 0 Å². The fraction of sp³-hybridized carbons (Fsp3) is 0.462. The van der Waals surface area contributed by atoms with E-state index in [4.69, 9.17) is 16.3 Å². The Balaban J connectivity index is 2.39. The molecule has 104 valence electrons. The molecule has 1 aromatic carbocycles. The predicted octanol–water partition coefficient (Wildman–Crippen LogP) is 4.06. The molecule has 1 aromatic rings. The molecule has 1 aliphatic rings. The van der Waals surface area contributed by atoms with Crippen molar-refractivity contribution in [2.45, 2.75) is 32.1 Å². The van der Waals surface area contributed by atoms with E-state index in [2.05, 4.69) is 0 Å². The molecule has 0 saturated carbocycles. The molecule has 1 saturated heterocycles. The highest BCUT2D eigenvalue weighted by Gasteiger charge is 2.61. The lowest BCUT2D eigenvalue weighted by molar-refractivity contribution is -0.0105. The van der Waals surface area contributed by atoms with Gasteiger partial charge in [-0.25, -0.2) is 18.5 Å². The second-order valence-corrected chi connectivity index (χ2v) is 6.01. The molecule has 0 bridgehead atoms. The zero-order valence-corrected chi connectivity index (χ0v) is 11.5. The Morgan fingerprint density at radius 2 is 1.84 bits per heavy atom. The zero-order valence-electron chi connectivity index (χ0n) is 10.8. The van der Waals surface area contributed by atoms with Crippen molar-refractivity contribution in [3.05, 3.63) is 30.1 Å². The van der Waals surface area contributed by atoms with Crippen LogP contribution in [0.4, 0.5) is 19.3 Å². The highest BCUT2D eigenvalue weighted by Crippen LogP contribution is 2.48. The average Bonchev–Trinajstić information content (AvgIpc) is 2.52. The van der Waals surface area contributed by atoms with Gasteiger partial charge >= 0.3 is 6.09 Å². The lowest BCUT2D eigenvalue weighted by atomic mass is 9.87. The van der Waals surface area contributed by atoms with Crippen LogP contribution in [-0.2, 0) is 4.74 Å². The van der Waals surface area contributed by atoms with Crippen LogP contribution < -0.4 is 4.90 Å². The highest BCUT2D eigenvalue weighted by molar-refractivity contribution is 6.26. The summed E-state index contributed by atoms with van der Waals surface area (Å²) < 4.78 is 32.4. The molecule has 1 heterocycles. The standard InChI is InChI=1S/C13H14ClF2NO2/c1-12(2,3)13(14)10(16)17(11(18)19-13)9-6-4-8(15)5-7-9/h4-7,10H,1-3H3/t10-,13+/m1/s1. The van der Waals surface area contributed by atoms with Crippen LogP contribution in [0.15, 0.2) is 24.3 Å². The molecule has 0 aliphatic carbocycles. The maximum Gasteiger partial charge on any atom is 0.418 e. The van der Waals surface area contributed by atoms with Gasteiger partial charge in [-0.15, -0.1) is 0 Å². The summed E-state index contributed by atoms with van der Waals surface area (Å²) in [5, 5.41) is -1.78. The number of cyclic esters (lactones) is 1. The second-order valence-electron chi connectivity index (χ2n) is 5.45. The first-order valence-electron chi connectivity index (χ1n) is 5.77. The number of benzene rings is 1. The Morgan fingerprint density at radius 3 is 2.26 bits per heavy atom. The summed E-state index contributed by atoms with van der Waals surface area (Å²) in [6.45, 7) is 5.02. The summed E-state index contributed by atoms with van der Waals surface area (Å²) in [7, 11) is 0. The van der Waals surface area contributed by atoms with Gasteiger partial charge in [0.05, 0.1) is 5.69 Å². The number of carbonyl (C=O) groups excluding carboxylic acids is 1. The first-order chi connectivity index (χ1) is 8.67. The van der Waals surface area contributed by atoms with E-state index in [0.717, 1.165) is 17.0 Å². The van der Waals surface area contributed by atoms with Gasteiger partial charge in [-0.2, -0.15) is 0 Å². The Hall–Kier alpha value is -1.36. The van der Waals surface area contributed by atoms with Crippen LogP contribution in [0.2, 0.25) is 0 Å². The van der Waals surface area contributed by atoms with Gasteiger partial charge in [-0.05, 0) is 24.3 Å². The van der Waals surface area contributed by atoms with E-state index in [1.54, 1.807) is 20.8 Å². The van der Waals surface area contributed by atoms with Gasteiger partial charge in [-0.3, -0.25) is 0 Å². The topological polar surface area (TPSA) is 29.5 Å². The molecule has 19 heavy (non-hydrogen) atoms. The quantitative estimate of drug-likeness (QED) is 0.576. The van der Waals surface area contributed by atoms with Crippen LogP contribution in [0.25, 0.3) is 0 Å². The van der Waals surface area contributed by atoms with Gasteiger partial charge in [0.25, 0.3) is 0 Å². The predicted molar refractivity (Wildman–Crippen MR) is 68.3 cm³/mol. The monoisotopic (exact) mass is 289 g/mol. The number of halogens is 3. The van der Waals surface area contributed by atoms with Crippen LogP contribution in [0.5, 0.6) is 0 Å². The molecule has 0 unspecified atom stereocenters. The Bertz CT molecular complexity index is 500. The number of ether oxygens (including phenoxy) is 1. The number of rotatable bonds is 1. The Kier molecular flexibility index (Phi) is 3.21. The largest absolute Gasteiger partial charge is 0.421 e. The van der Waals surface area contributed by atoms with Crippen LogP contribution in [0, 0.1) is 11.2 Å². The molecule has 0 radical (unpaired) electrons. The van der Waals surface area contributed by atoms with Crippen LogP contribution in [0.3, 0.4) is 0 Å². The summed E-state index contributed by atoms with van der Waals surface area (Å²) in [6, 6.07) is 4.88. The lowest BCUT2D eigenvalue weighted by Crippen LogP contribution is -2.47. The van der Waals surface area contributed by atoms with Gasteiger partial charge in [0.1, 0.15) is 5.82 Å². The first kappa shape index (κ1) is 14.1. The molecule has 1 fully saturated rings. The van der Waals surface area contributed by atoms with E-state index in [1.165, 1.54) is 12.1 Å². The molecule has 0 N–H and O–H groups in total. The van der Waals surface area contributed by atoms with Crippen molar-refractivity contribution in [1.29, 1.82) is 0 Å². The molecule has 1 aliphatic heterocycles. The molecule has 0 spiro atoms. The molecule has 3 nitrogen and oxygen atoms in total. The normalized spacial score (nSPS) is 27.6. The molecular formula is C13H14ClF2NO2. The molecule has 0 aromatic heterocycles. The van der Waals surface area contributed by atoms with Crippen LogP contribution in [0.1, 0.15) is 20.8 Å². The molecule has 2 rings (SSSR count). The van der Waals surface area contributed by atoms with Gasteiger partial charge in [0, 0.05) is 5.41 Å². The minimum Gasteiger partial charge on any atom is -0.421 e. The fourth-order valence-corrected chi connectivity index (χ4v) is 2.00. The summed E-state index contributed by atoms with van der Waals surface area (Å²) in [5.74, 6) is -0.473. The smallest absolute Gasteiger partial charge is 0.418 e. The van der Waals surface area contributed by atoms with Crippen molar-refractivity contribution in [1.82, 2.24) is 0 Å². The summed E-state index contributed by atoms with van der Waals surface area (Å²) in [5.41, 5.74) is -0.594. The number of nitrogens with zero attached hydrogens (tertiary/aromatic N) is 1. The highest BCUT2D eigenvalue weighted by atomic mass is 35.5. The second kappa shape index (κ2) is 4.34. The van der Waals surface area contributed by atoms with E-state index < -0.39 is 28.7 Å². The number of hydrogen-bond donors (Lipinski definition) is 0. The van der Waals surface area contributed by atoms with Gasteiger partial charge in [-0.1, -0.05) is 32.4 Å². The molecule has 6 heteroatoms. The van der Waals surface area contributed by atoms with Gasteiger partial charge in [0.2, 0.25) is 11.4 Å². The van der Waals surface area contributed by atoms with Crippen molar-refractivity contribution >= 4 is 23.4 Å². The number of anilines is 1. The van der Waals surface area contributed by atoms with E-state index >= 15 is 0 Å². The molecule has 1 amide bonds. The van der Waals surface area contributed by atoms with Crippen molar-refractivity contribution in [2.24, 2.45) is 5.41 Å². The number of alkyl halides is 2. The van der Waals surface area contributed by atoms with Crippen molar-refractivity contribution in [2.75, 3.05) is 4.90 Å². The third-order valence-corrected chi connectivity index (χ3v) is 3.92. The van der Waals surface area contributed by atoms with E-state index in [1.807, 2.05) is 0 Å². The summed E-state index contributed by atoms with van der Waals surface area (Å²) in [6.07, 6.45) is -2.74. The van der Waals surface area contributed by atoms with Crippen molar-refractivity contribution in [3.63, 3.8) is 0 Å². The number of amides is 1. The average molecular weight is 290 g/mol. The van der Waals surface area contributed by atoms with Crippen molar-refractivity contribution < 1.29 is 18.3 Å². The van der Waals surface area contributed by atoms with E-state index in [-0.39, 0.29) is 5.69 Å². The van der Waals surface area contributed by atoms with Crippen LogP contribution >= 0.6 is 11.6 Å². The van der Waals surface area contributed by atoms with E-state index in [9.17, 15) is 13.6 Å². The number of carbonyl (C=O) groups is 1. The fourth-order valence-electron chi connectivity index (χ4n) is 1.83. The van der Waals surface area contributed by atoms with Gasteiger partial charge in [0.15, 0.2) is 0 Å². The Labute approximate surface area is 115 Å². The van der Waals surface area contributed by atoms with Crippen LogP contribution in [-0.4, -0.2) is 17.4 Å². The SMILES string of the molecule is CC(C)(C)[C@@]1(Cl)OC(=O)N(c2ccc(F)cc2)[C@H]1F. The maximum absolute atomic E-state index is 14.5. The minimum absolute atomic E-state index is 0.200. The lowest BCUT2D eigenvalue weighted by Gasteiger charge is -2.35. The van der Waals surface area contributed by atoms with Gasteiger partial charge < -0.3 is 4.74 Å². The summed E-state index contributed by atoms with van der Waals surface area (Å²) in [4.78, 5) is 12.6. The summed E-state index contributed by atoms with van der Waals surface area (Å²) >= 11 is 6.13. The molecular weight excluding hydrogens is 276 g/mol. The zero-order chi connectivity index (χ0) is 14.4. The Morgan fingerprint density at radius 1 is 1.32 bits per heavy atom. The third kappa shape index (κ3) is 2.16. The maximum atomic E-state index is 14.5. The minimum atomic E-state index is -1.85. The number of hydrogen-bond acceptors (Lipinski definition) is 2. The van der Waals surface area contributed by atoms with E-state index in [0.29, 0.717) is 0 Å². The molecule has 2 atom stereocenters.